The monoisotopic (exact) mass is 290 g/mol. The van der Waals surface area contributed by atoms with Crippen LogP contribution >= 0.6 is 0 Å². The van der Waals surface area contributed by atoms with E-state index < -0.39 is 5.60 Å². The molecule has 2 amide bonds. The summed E-state index contributed by atoms with van der Waals surface area (Å²) in [4.78, 5) is 23.6. The van der Waals surface area contributed by atoms with Crippen LogP contribution in [-0.2, 0) is 4.79 Å². The summed E-state index contributed by atoms with van der Waals surface area (Å²) in [6.07, 6.45) is 3.44. The van der Waals surface area contributed by atoms with Crippen molar-refractivity contribution in [3.05, 3.63) is 35.4 Å². The molecule has 1 aromatic carbocycles. The van der Waals surface area contributed by atoms with Crippen molar-refractivity contribution in [2.75, 3.05) is 13.1 Å². The average Bonchev–Trinajstić information content (AvgIpc) is 2.90. The first-order valence-corrected chi connectivity index (χ1v) is 7.32. The highest BCUT2D eigenvalue weighted by Gasteiger charge is 2.31. The minimum Gasteiger partial charge on any atom is -0.388 e. The van der Waals surface area contributed by atoms with Gasteiger partial charge >= 0.3 is 0 Å². The molecule has 5 heteroatoms. The van der Waals surface area contributed by atoms with Crippen molar-refractivity contribution in [3.63, 3.8) is 0 Å². The second-order valence-corrected chi connectivity index (χ2v) is 5.76. The van der Waals surface area contributed by atoms with Crippen LogP contribution in [0.25, 0.3) is 0 Å². The van der Waals surface area contributed by atoms with E-state index in [1.807, 2.05) is 13.0 Å². The van der Waals surface area contributed by atoms with Crippen molar-refractivity contribution >= 4 is 11.8 Å². The highest BCUT2D eigenvalue weighted by atomic mass is 16.3. The van der Waals surface area contributed by atoms with E-state index in [-0.39, 0.29) is 24.9 Å². The minimum absolute atomic E-state index is 0.0805. The Labute approximate surface area is 124 Å². The molecule has 0 saturated heterocycles. The second-order valence-electron chi connectivity index (χ2n) is 5.76. The molecule has 1 fully saturated rings. The zero-order valence-electron chi connectivity index (χ0n) is 12.3. The zero-order chi connectivity index (χ0) is 15.3. The predicted molar refractivity (Wildman–Crippen MR) is 79.9 cm³/mol. The maximum absolute atomic E-state index is 11.9. The molecule has 5 nitrogen and oxygen atoms in total. The molecule has 1 saturated carbocycles. The van der Waals surface area contributed by atoms with E-state index in [4.69, 9.17) is 0 Å². The number of hydrogen-bond donors (Lipinski definition) is 3. The Kier molecular flexibility index (Phi) is 4.96. The van der Waals surface area contributed by atoms with Gasteiger partial charge in [-0.05, 0) is 31.9 Å². The van der Waals surface area contributed by atoms with Gasteiger partial charge in [0.15, 0.2) is 0 Å². The lowest BCUT2D eigenvalue weighted by molar-refractivity contribution is -0.121. The molecule has 1 aliphatic rings. The van der Waals surface area contributed by atoms with Crippen LogP contribution in [0.4, 0.5) is 0 Å². The molecule has 0 heterocycles. The molecule has 0 aliphatic heterocycles. The van der Waals surface area contributed by atoms with Crippen molar-refractivity contribution in [1.82, 2.24) is 10.6 Å². The third-order valence-corrected chi connectivity index (χ3v) is 3.84. The number of carbonyl (C=O) groups excluding carboxylic acids is 2. The summed E-state index contributed by atoms with van der Waals surface area (Å²) in [6.45, 7) is 2.08. The lowest BCUT2D eigenvalue weighted by Crippen LogP contribution is -2.44. The molecule has 0 unspecified atom stereocenters. The van der Waals surface area contributed by atoms with Crippen LogP contribution in [0, 0.1) is 6.92 Å². The van der Waals surface area contributed by atoms with Gasteiger partial charge in [0, 0.05) is 12.1 Å². The van der Waals surface area contributed by atoms with Crippen molar-refractivity contribution in [2.24, 2.45) is 0 Å². The normalized spacial score (nSPS) is 16.5. The summed E-state index contributed by atoms with van der Waals surface area (Å²) >= 11 is 0. The summed E-state index contributed by atoms with van der Waals surface area (Å²) in [5, 5.41) is 15.4. The molecule has 0 aromatic heterocycles. The minimum atomic E-state index is -0.768. The third kappa shape index (κ3) is 4.56. The quantitative estimate of drug-likeness (QED) is 0.761. The van der Waals surface area contributed by atoms with Gasteiger partial charge in [-0.2, -0.15) is 0 Å². The molecule has 1 aliphatic carbocycles. The Bertz CT molecular complexity index is 522. The average molecular weight is 290 g/mol. The van der Waals surface area contributed by atoms with Gasteiger partial charge in [0.25, 0.3) is 5.91 Å². The van der Waals surface area contributed by atoms with Crippen LogP contribution in [0.1, 0.15) is 41.6 Å². The van der Waals surface area contributed by atoms with Crippen LogP contribution in [0.15, 0.2) is 24.3 Å². The summed E-state index contributed by atoms with van der Waals surface area (Å²) in [6, 6.07) is 7.20. The van der Waals surface area contributed by atoms with Gasteiger partial charge in [-0.3, -0.25) is 9.59 Å². The van der Waals surface area contributed by atoms with Crippen molar-refractivity contribution in [3.8, 4) is 0 Å². The maximum atomic E-state index is 11.9. The van der Waals surface area contributed by atoms with E-state index in [9.17, 15) is 14.7 Å². The molecule has 0 radical (unpaired) electrons. The lowest BCUT2D eigenvalue weighted by atomic mass is 10.0. The first-order valence-electron chi connectivity index (χ1n) is 7.32. The predicted octanol–water partition coefficient (Wildman–Crippen LogP) is 1.15. The molecule has 0 bridgehead atoms. The third-order valence-electron chi connectivity index (χ3n) is 3.84. The summed E-state index contributed by atoms with van der Waals surface area (Å²) in [5.41, 5.74) is 0.767. The Morgan fingerprint density at radius 2 is 1.95 bits per heavy atom. The SMILES string of the molecule is Cc1cccc(C(=O)NCC(=O)NCC2(O)CCCC2)c1. The van der Waals surface area contributed by atoms with Crippen molar-refractivity contribution in [2.45, 2.75) is 38.2 Å². The first-order chi connectivity index (χ1) is 9.98. The number of hydrogen-bond acceptors (Lipinski definition) is 3. The van der Waals surface area contributed by atoms with Crippen LogP contribution in [-0.4, -0.2) is 35.6 Å². The summed E-state index contributed by atoms with van der Waals surface area (Å²) < 4.78 is 0. The van der Waals surface area contributed by atoms with Gasteiger partial charge < -0.3 is 15.7 Å². The lowest BCUT2D eigenvalue weighted by Gasteiger charge is -2.22. The topological polar surface area (TPSA) is 78.4 Å². The maximum Gasteiger partial charge on any atom is 0.251 e. The summed E-state index contributed by atoms with van der Waals surface area (Å²) in [5.74, 6) is -0.551. The number of nitrogens with one attached hydrogen (secondary N) is 2. The standard InChI is InChI=1S/C16H22N2O3/c1-12-5-4-6-13(9-12)15(20)17-10-14(19)18-11-16(21)7-2-3-8-16/h4-6,9,21H,2-3,7-8,10-11H2,1H3,(H,17,20)(H,18,19). The Morgan fingerprint density at radius 1 is 1.24 bits per heavy atom. The highest BCUT2D eigenvalue weighted by molar-refractivity contribution is 5.96. The molecule has 2 rings (SSSR count). The van der Waals surface area contributed by atoms with E-state index in [0.717, 1.165) is 31.2 Å². The fourth-order valence-electron chi connectivity index (χ4n) is 2.58. The van der Waals surface area contributed by atoms with Gasteiger partial charge in [-0.25, -0.2) is 0 Å². The molecule has 3 N–H and O–H groups in total. The van der Waals surface area contributed by atoms with E-state index >= 15 is 0 Å². The summed E-state index contributed by atoms with van der Waals surface area (Å²) in [7, 11) is 0. The molecule has 0 spiro atoms. The highest BCUT2D eigenvalue weighted by Crippen LogP contribution is 2.28. The van der Waals surface area contributed by atoms with E-state index in [1.165, 1.54) is 0 Å². The van der Waals surface area contributed by atoms with E-state index in [1.54, 1.807) is 18.2 Å². The van der Waals surface area contributed by atoms with Crippen LogP contribution in [0.5, 0.6) is 0 Å². The van der Waals surface area contributed by atoms with Crippen molar-refractivity contribution in [1.29, 1.82) is 0 Å². The van der Waals surface area contributed by atoms with Crippen molar-refractivity contribution < 1.29 is 14.7 Å². The molecular weight excluding hydrogens is 268 g/mol. The van der Waals surface area contributed by atoms with Gasteiger partial charge in [0.2, 0.25) is 5.91 Å². The Balaban J connectivity index is 1.75. The molecule has 114 valence electrons. The Hall–Kier alpha value is -1.88. The molecule has 0 atom stereocenters. The van der Waals surface area contributed by atoms with Gasteiger partial charge in [0.05, 0.1) is 12.1 Å². The van der Waals surface area contributed by atoms with Gasteiger partial charge in [0.1, 0.15) is 0 Å². The number of amides is 2. The first kappa shape index (κ1) is 15.5. The van der Waals surface area contributed by atoms with Crippen LogP contribution in [0.2, 0.25) is 0 Å². The number of carbonyl (C=O) groups is 2. The molecule has 1 aromatic rings. The van der Waals surface area contributed by atoms with E-state index in [2.05, 4.69) is 10.6 Å². The number of aliphatic hydroxyl groups is 1. The van der Waals surface area contributed by atoms with Gasteiger partial charge in [-0.1, -0.05) is 30.5 Å². The fraction of sp³-hybridized carbons (Fsp3) is 0.500. The fourth-order valence-corrected chi connectivity index (χ4v) is 2.58. The molecular formula is C16H22N2O3. The van der Waals surface area contributed by atoms with E-state index in [0.29, 0.717) is 5.56 Å². The smallest absolute Gasteiger partial charge is 0.251 e. The van der Waals surface area contributed by atoms with Gasteiger partial charge in [-0.15, -0.1) is 0 Å². The second kappa shape index (κ2) is 6.72. The molecule has 21 heavy (non-hydrogen) atoms. The number of benzene rings is 1. The van der Waals surface area contributed by atoms with Crippen LogP contribution in [0.3, 0.4) is 0 Å². The Morgan fingerprint density at radius 3 is 2.62 bits per heavy atom. The largest absolute Gasteiger partial charge is 0.388 e. The zero-order valence-corrected chi connectivity index (χ0v) is 12.3. The number of aryl methyl sites for hydroxylation is 1. The number of rotatable bonds is 5. The van der Waals surface area contributed by atoms with Crippen LogP contribution < -0.4 is 10.6 Å².